The van der Waals surface area contributed by atoms with Gasteiger partial charge in [0.05, 0.1) is 38.1 Å². The quantitative estimate of drug-likeness (QED) is 0.444. The number of urea groups is 1. The van der Waals surface area contributed by atoms with Crippen LogP contribution in [-0.2, 0) is 9.53 Å². The van der Waals surface area contributed by atoms with Gasteiger partial charge in [0, 0.05) is 18.2 Å². The van der Waals surface area contributed by atoms with Crippen molar-refractivity contribution < 1.29 is 33.3 Å². The van der Waals surface area contributed by atoms with Gasteiger partial charge < -0.3 is 24.3 Å². The number of Topliss-reactive ketones (excluding diaryl/α,β-unsaturated/α-hetero) is 1. The largest absolute Gasteiger partial charge is 0.497 e. The van der Waals surface area contributed by atoms with E-state index >= 15 is 0 Å². The molecule has 0 bridgehead atoms. The van der Waals surface area contributed by atoms with Gasteiger partial charge in [0.25, 0.3) is 0 Å². The second-order valence-corrected chi connectivity index (χ2v) is 7.50. The monoisotopic (exact) mass is 468 g/mol. The molecule has 9 nitrogen and oxygen atoms in total. The molecule has 0 aliphatic carbocycles. The molecule has 0 aromatic heterocycles. The van der Waals surface area contributed by atoms with Crippen LogP contribution < -0.4 is 19.5 Å². The average molecular weight is 469 g/mol. The number of carbonyl (C=O) groups is 3. The first-order valence-electron chi connectivity index (χ1n) is 10.7. The molecule has 1 heterocycles. The lowest BCUT2D eigenvalue weighted by Gasteiger charge is -2.35. The van der Waals surface area contributed by atoms with E-state index in [2.05, 4.69) is 5.32 Å². The smallest absolute Gasteiger partial charge is 0.338 e. The highest BCUT2D eigenvalue weighted by molar-refractivity contribution is 5.95. The van der Waals surface area contributed by atoms with Crippen molar-refractivity contribution in [3.05, 3.63) is 64.9 Å². The van der Waals surface area contributed by atoms with Crippen molar-refractivity contribution in [2.24, 2.45) is 0 Å². The van der Waals surface area contributed by atoms with Crippen LogP contribution in [0.3, 0.4) is 0 Å². The SMILES string of the molecule is CCOC(=O)C1=C(COc2ccc(C(C)=O)cc2)N(C)C(=O)NC1c1cc(OC)ccc1OC. The van der Waals surface area contributed by atoms with Gasteiger partial charge in [0.2, 0.25) is 0 Å². The summed E-state index contributed by atoms with van der Waals surface area (Å²) in [6.45, 7) is 3.26. The van der Waals surface area contributed by atoms with E-state index in [-0.39, 0.29) is 24.6 Å². The van der Waals surface area contributed by atoms with Gasteiger partial charge in [-0.05, 0) is 56.3 Å². The Hall–Kier alpha value is -4.01. The number of ketones is 1. The predicted octanol–water partition coefficient (Wildman–Crippen LogP) is 3.50. The molecule has 0 radical (unpaired) electrons. The first-order valence-corrected chi connectivity index (χ1v) is 10.7. The van der Waals surface area contributed by atoms with E-state index in [1.54, 1.807) is 56.4 Å². The topological polar surface area (TPSA) is 103 Å². The molecule has 34 heavy (non-hydrogen) atoms. The summed E-state index contributed by atoms with van der Waals surface area (Å²) in [6.07, 6.45) is 0. The normalized spacial score (nSPS) is 15.5. The van der Waals surface area contributed by atoms with Crippen molar-refractivity contribution in [2.45, 2.75) is 19.9 Å². The van der Waals surface area contributed by atoms with Crippen LogP contribution in [0.2, 0.25) is 0 Å². The number of esters is 1. The Morgan fingerprint density at radius 3 is 2.29 bits per heavy atom. The minimum atomic E-state index is -0.855. The second-order valence-electron chi connectivity index (χ2n) is 7.50. The molecule has 1 aliphatic rings. The third-order valence-corrected chi connectivity index (χ3v) is 5.46. The molecule has 0 spiro atoms. The Morgan fingerprint density at radius 1 is 1.03 bits per heavy atom. The Kier molecular flexibility index (Phi) is 7.78. The standard InChI is InChI=1S/C25H28N2O7/c1-6-33-24(29)22-20(14-34-17-9-7-16(8-10-17)15(2)28)27(3)25(30)26-23(22)19-13-18(31-4)11-12-21(19)32-5/h7-13,23H,6,14H2,1-5H3,(H,26,30). The average Bonchev–Trinajstić information content (AvgIpc) is 2.84. The summed E-state index contributed by atoms with van der Waals surface area (Å²) in [5.74, 6) is 0.844. The number of methoxy groups -OCH3 is 2. The molecule has 2 aromatic carbocycles. The number of hydrogen-bond donors (Lipinski definition) is 1. The Morgan fingerprint density at radius 2 is 1.71 bits per heavy atom. The third kappa shape index (κ3) is 5.14. The summed E-state index contributed by atoms with van der Waals surface area (Å²) in [6, 6.07) is 10.5. The number of nitrogens with one attached hydrogen (secondary N) is 1. The fourth-order valence-corrected chi connectivity index (χ4v) is 3.62. The zero-order valence-electron chi connectivity index (χ0n) is 19.8. The molecule has 3 rings (SSSR count). The fraction of sp³-hybridized carbons (Fsp3) is 0.320. The molecule has 1 aliphatic heterocycles. The van der Waals surface area contributed by atoms with Crippen LogP contribution >= 0.6 is 0 Å². The molecule has 2 amide bonds. The van der Waals surface area contributed by atoms with Gasteiger partial charge in [-0.3, -0.25) is 9.69 Å². The van der Waals surface area contributed by atoms with Gasteiger partial charge in [0.1, 0.15) is 23.9 Å². The summed E-state index contributed by atoms with van der Waals surface area (Å²) >= 11 is 0. The molecule has 2 aromatic rings. The second kappa shape index (κ2) is 10.7. The first-order chi connectivity index (χ1) is 16.3. The minimum Gasteiger partial charge on any atom is -0.497 e. The molecule has 0 fully saturated rings. The summed E-state index contributed by atoms with van der Waals surface area (Å²) < 4.78 is 22.0. The van der Waals surface area contributed by atoms with Crippen LogP contribution in [0.25, 0.3) is 0 Å². The molecule has 0 saturated carbocycles. The van der Waals surface area contributed by atoms with E-state index < -0.39 is 18.0 Å². The maximum absolute atomic E-state index is 13.1. The highest BCUT2D eigenvalue weighted by atomic mass is 16.5. The Labute approximate surface area is 198 Å². The summed E-state index contributed by atoms with van der Waals surface area (Å²) in [5.41, 5.74) is 1.65. The number of benzene rings is 2. The van der Waals surface area contributed by atoms with Gasteiger partial charge in [-0.25, -0.2) is 9.59 Å². The number of amides is 2. The van der Waals surface area contributed by atoms with Crippen LogP contribution in [-0.4, -0.2) is 57.2 Å². The lowest BCUT2D eigenvalue weighted by molar-refractivity contribution is -0.139. The van der Waals surface area contributed by atoms with E-state index in [1.807, 2.05) is 0 Å². The molecule has 1 unspecified atom stereocenters. The number of rotatable bonds is 9. The van der Waals surface area contributed by atoms with Crippen LogP contribution in [0.4, 0.5) is 4.79 Å². The van der Waals surface area contributed by atoms with Gasteiger partial charge >= 0.3 is 12.0 Å². The molecule has 0 saturated heterocycles. The fourth-order valence-electron chi connectivity index (χ4n) is 3.62. The third-order valence-electron chi connectivity index (χ3n) is 5.46. The number of nitrogens with zero attached hydrogens (tertiary/aromatic N) is 1. The zero-order chi connectivity index (χ0) is 24.8. The van der Waals surface area contributed by atoms with E-state index in [4.69, 9.17) is 18.9 Å². The molecule has 9 heteroatoms. The van der Waals surface area contributed by atoms with Crippen LogP contribution in [0.5, 0.6) is 17.2 Å². The molecular formula is C25H28N2O7. The number of carbonyl (C=O) groups excluding carboxylic acids is 3. The van der Waals surface area contributed by atoms with Crippen LogP contribution in [0.1, 0.15) is 35.8 Å². The summed E-state index contributed by atoms with van der Waals surface area (Å²) in [7, 11) is 4.58. The van der Waals surface area contributed by atoms with Gasteiger partial charge in [-0.1, -0.05) is 0 Å². The first kappa shape index (κ1) is 24.6. The van der Waals surface area contributed by atoms with Crippen molar-refractivity contribution in [3.63, 3.8) is 0 Å². The lowest BCUT2D eigenvalue weighted by atomic mass is 9.93. The maximum Gasteiger partial charge on any atom is 0.338 e. The van der Waals surface area contributed by atoms with Crippen molar-refractivity contribution in [2.75, 3.05) is 34.5 Å². The van der Waals surface area contributed by atoms with Gasteiger partial charge in [-0.15, -0.1) is 0 Å². The highest BCUT2D eigenvalue weighted by Gasteiger charge is 2.38. The number of likely N-dealkylation sites (N-methyl/N-ethyl adjacent to an activating group) is 1. The van der Waals surface area contributed by atoms with Crippen LogP contribution in [0.15, 0.2) is 53.7 Å². The number of hydrogen-bond acceptors (Lipinski definition) is 7. The Bertz CT molecular complexity index is 1110. The van der Waals surface area contributed by atoms with E-state index in [0.717, 1.165) is 0 Å². The van der Waals surface area contributed by atoms with E-state index in [1.165, 1.54) is 26.0 Å². The molecular weight excluding hydrogens is 440 g/mol. The maximum atomic E-state index is 13.1. The van der Waals surface area contributed by atoms with Crippen molar-refractivity contribution >= 4 is 17.8 Å². The highest BCUT2D eigenvalue weighted by Crippen LogP contribution is 2.37. The van der Waals surface area contributed by atoms with Crippen LogP contribution in [0, 0.1) is 0 Å². The van der Waals surface area contributed by atoms with Gasteiger partial charge in [0.15, 0.2) is 5.78 Å². The van der Waals surface area contributed by atoms with E-state index in [0.29, 0.717) is 34.1 Å². The number of ether oxygens (including phenoxy) is 4. The molecule has 1 N–H and O–H groups in total. The summed E-state index contributed by atoms with van der Waals surface area (Å²) in [4.78, 5) is 38.8. The molecule has 180 valence electrons. The molecule has 1 atom stereocenters. The predicted molar refractivity (Wildman–Crippen MR) is 124 cm³/mol. The van der Waals surface area contributed by atoms with Crippen molar-refractivity contribution in [3.8, 4) is 17.2 Å². The minimum absolute atomic E-state index is 0.0578. The summed E-state index contributed by atoms with van der Waals surface area (Å²) in [5, 5.41) is 2.85. The van der Waals surface area contributed by atoms with Crippen molar-refractivity contribution in [1.29, 1.82) is 0 Å². The Balaban J connectivity index is 2.06. The van der Waals surface area contributed by atoms with Gasteiger partial charge in [-0.2, -0.15) is 0 Å². The zero-order valence-corrected chi connectivity index (χ0v) is 19.8. The van der Waals surface area contributed by atoms with E-state index in [9.17, 15) is 14.4 Å². The van der Waals surface area contributed by atoms with Crippen molar-refractivity contribution in [1.82, 2.24) is 10.2 Å². The lowest BCUT2D eigenvalue weighted by Crippen LogP contribution is -2.48.